The standard InChI is InChI=1S/C17H16ClFN6O2S2/c1-25-14(16(26)23-10-2-3-12(19)11(18)4-10)5-13(24-29(25)27)17-20-8-15(28-17)9-6-21-22-7-9/h2-4,6-8,13-14,24H,5H2,1H3,(H,21,22)(H,23,26)/t13-,14+,29?/m1/s1. The Balaban J connectivity index is 1.51. The van der Waals surface area contributed by atoms with Crippen LogP contribution >= 0.6 is 22.9 Å². The Morgan fingerprint density at radius 3 is 3.03 bits per heavy atom. The molecule has 0 bridgehead atoms. The highest BCUT2D eigenvalue weighted by Crippen LogP contribution is 2.34. The molecule has 12 heteroatoms. The summed E-state index contributed by atoms with van der Waals surface area (Å²) in [7, 11) is 1.60. The van der Waals surface area contributed by atoms with Crippen molar-refractivity contribution >= 4 is 46.1 Å². The molecule has 1 fully saturated rings. The van der Waals surface area contributed by atoms with Gasteiger partial charge in [0.15, 0.2) is 0 Å². The number of aromatic nitrogens is 3. The van der Waals surface area contributed by atoms with Gasteiger partial charge >= 0.3 is 0 Å². The van der Waals surface area contributed by atoms with Gasteiger partial charge in [0, 0.05) is 37.1 Å². The van der Waals surface area contributed by atoms with E-state index < -0.39 is 23.4 Å². The van der Waals surface area contributed by atoms with Crippen LogP contribution in [0.5, 0.6) is 0 Å². The number of carbonyl (C=O) groups is 1. The predicted molar refractivity (Wildman–Crippen MR) is 110 cm³/mol. The fourth-order valence-electron chi connectivity index (χ4n) is 2.93. The Labute approximate surface area is 177 Å². The lowest BCUT2D eigenvalue weighted by Gasteiger charge is -2.35. The number of thiazole rings is 1. The van der Waals surface area contributed by atoms with Gasteiger partial charge in [0.2, 0.25) is 5.91 Å². The number of halogens is 2. The molecule has 152 valence electrons. The number of benzene rings is 1. The van der Waals surface area contributed by atoms with Crippen LogP contribution in [0.1, 0.15) is 17.5 Å². The van der Waals surface area contributed by atoms with Gasteiger partial charge in [0.1, 0.15) is 34.5 Å². The van der Waals surface area contributed by atoms with Crippen molar-refractivity contribution in [3.8, 4) is 10.4 Å². The lowest BCUT2D eigenvalue weighted by Crippen LogP contribution is -2.55. The maximum Gasteiger partial charge on any atom is 0.246 e. The molecule has 4 rings (SSSR count). The van der Waals surface area contributed by atoms with Gasteiger partial charge in [0.25, 0.3) is 0 Å². The van der Waals surface area contributed by atoms with Gasteiger partial charge in [-0.2, -0.15) is 5.10 Å². The number of aromatic amines is 1. The minimum atomic E-state index is -1.58. The second kappa shape index (κ2) is 8.38. The number of amides is 1. The molecule has 1 aliphatic rings. The number of likely N-dealkylation sites (N-methyl/N-ethyl adjacent to an activating group) is 1. The topological polar surface area (TPSA) is 109 Å². The first-order valence-electron chi connectivity index (χ1n) is 8.54. The third kappa shape index (κ3) is 4.29. The van der Waals surface area contributed by atoms with E-state index in [0.29, 0.717) is 12.1 Å². The van der Waals surface area contributed by atoms with Gasteiger partial charge in [-0.05, 0) is 18.2 Å². The van der Waals surface area contributed by atoms with Crippen LogP contribution < -0.4 is 10.0 Å². The summed E-state index contributed by atoms with van der Waals surface area (Å²) in [6.07, 6.45) is 5.55. The van der Waals surface area contributed by atoms with E-state index in [2.05, 4.69) is 25.2 Å². The van der Waals surface area contributed by atoms with Crippen LogP contribution in [0.3, 0.4) is 0 Å². The molecule has 0 radical (unpaired) electrons. The summed E-state index contributed by atoms with van der Waals surface area (Å²) >= 11 is 5.64. The molecule has 1 saturated heterocycles. The molecule has 0 saturated carbocycles. The summed E-state index contributed by atoms with van der Waals surface area (Å²) in [5.41, 5.74) is 1.28. The molecule has 1 amide bonds. The smallest absolute Gasteiger partial charge is 0.246 e. The van der Waals surface area contributed by atoms with Crippen LogP contribution in [0.15, 0.2) is 36.8 Å². The molecule has 3 N–H and O–H groups in total. The fraction of sp³-hybridized carbons (Fsp3) is 0.235. The Bertz CT molecular complexity index is 1020. The summed E-state index contributed by atoms with van der Waals surface area (Å²) < 4.78 is 30.3. The van der Waals surface area contributed by atoms with Crippen molar-refractivity contribution in [2.75, 3.05) is 12.4 Å². The molecule has 1 aliphatic heterocycles. The van der Waals surface area contributed by atoms with Crippen molar-refractivity contribution in [3.05, 3.63) is 52.6 Å². The van der Waals surface area contributed by atoms with Crippen molar-refractivity contribution in [3.63, 3.8) is 0 Å². The van der Waals surface area contributed by atoms with Crippen LogP contribution in [0.2, 0.25) is 5.02 Å². The second-order valence-electron chi connectivity index (χ2n) is 6.39. The van der Waals surface area contributed by atoms with E-state index in [-0.39, 0.29) is 17.0 Å². The van der Waals surface area contributed by atoms with Gasteiger partial charge in [-0.3, -0.25) is 9.89 Å². The minimum absolute atomic E-state index is 0.0857. The average Bonchev–Trinajstić information content (AvgIpc) is 3.38. The number of rotatable bonds is 4. The third-order valence-corrected chi connectivity index (χ3v) is 7.21. The zero-order chi connectivity index (χ0) is 20.5. The van der Waals surface area contributed by atoms with Gasteiger partial charge in [-0.15, -0.1) is 16.1 Å². The van der Waals surface area contributed by atoms with E-state index in [9.17, 15) is 13.7 Å². The maximum absolute atomic E-state index is 13.3. The quantitative estimate of drug-likeness (QED) is 0.523. The fourth-order valence-corrected chi connectivity index (χ4v) is 5.18. The summed E-state index contributed by atoms with van der Waals surface area (Å²) in [5, 5.41) is 10.0. The van der Waals surface area contributed by atoms with Crippen molar-refractivity contribution in [1.29, 1.82) is 0 Å². The van der Waals surface area contributed by atoms with E-state index in [1.165, 1.54) is 33.8 Å². The molecule has 8 nitrogen and oxygen atoms in total. The Hall–Kier alpha value is -2.02. The van der Waals surface area contributed by atoms with Crippen molar-refractivity contribution < 1.29 is 13.7 Å². The Morgan fingerprint density at radius 2 is 2.31 bits per heavy atom. The van der Waals surface area contributed by atoms with Crippen LogP contribution in [0.4, 0.5) is 10.1 Å². The first-order valence-corrected chi connectivity index (χ1v) is 10.8. The molecular formula is C17H16ClFN6O2S2. The maximum atomic E-state index is 13.3. The van der Waals surface area contributed by atoms with E-state index in [0.717, 1.165) is 15.4 Å². The normalized spacial score (nSPS) is 22.6. The molecule has 3 heterocycles. The molecule has 29 heavy (non-hydrogen) atoms. The van der Waals surface area contributed by atoms with Crippen molar-refractivity contribution in [2.24, 2.45) is 0 Å². The number of anilines is 1. The molecule has 2 aromatic heterocycles. The summed E-state index contributed by atoms with van der Waals surface area (Å²) in [6.45, 7) is 0. The van der Waals surface area contributed by atoms with Gasteiger partial charge < -0.3 is 9.87 Å². The number of nitrogens with one attached hydrogen (secondary N) is 3. The molecule has 1 aromatic carbocycles. The van der Waals surface area contributed by atoms with Crippen molar-refractivity contribution in [1.82, 2.24) is 24.2 Å². The van der Waals surface area contributed by atoms with Gasteiger partial charge in [-0.25, -0.2) is 9.37 Å². The number of carbonyl (C=O) groups excluding carboxylic acids is 1. The highest BCUT2D eigenvalue weighted by molar-refractivity contribution is 7.87. The van der Waals surface area contributed by atoms with Crippen LogP contribution in [0, 0.1) is 5.82 Å². The Morgan fingerprint density at radius 1 is 1.48 bits per heavy atom. The van der Waals surface area contributed by atoms with Crippen molar-refractivity contribution in [2.45, 2.75) is 18.5 Å². The molecule has 0 aliphatic carbocycles. The second-order valence-corrected chi connectivity index (χ2v) is 9.16. The predicted octanol–water partition coefficient (Wildman–Crippen LogP) is 2.88. The Kier molecular flexibility index (Phi) is 5.86. The molecular weight excluding hydrogens is 439 g/mol. The van der Waals surface area contributed by atoms with Crippen LogP contribution in [-0.2, 0) is 16.3 Å². The van der Waals surface area contributed by atoms with Crippen LogP contribution in [-0.4, -0.2) is 43.0 Å². The minimum Gasteiger partial charge on any atom is -0.579 e. The van der Waals surface area contributed by atoms with E-state index in [4.69, 9.17) is 11.6 Å². The zero-order valence-corrected chi connectivity index (χ0v) is 17.4. The molecule has 3 atom stereocenters. The monoisotopic (exact) mass is 454 g/mol. The van der Waals surface area contributed by atoms with E-state index >= 15 is 0 Å². The molecule has 0 spiro atoms. The van der Waals surface area contributed by atoms with Crippen LogP contribution in [0.25, 0.3) is 10.4 Å². The first-order chi connectivity index (χ1) is 13.9. The first kappa shape index (κ1) is 20.3. The summed E-state index contributed by atoms with van der Waals surface area (Å²) in [6, 6.07) is 2.91. The molecule has 3 aromatic rings. The highest BCUT2D eigenvalue weighted by atomic mass is 35.5. The molecule has 1 unspecified atom stereocenters. The highest BCUT2D eigenvalue weighted by Gasteiger charge is 2.42. The van der Waals surface area contributed by atoms with E-state index in [1.54, 1.807) is 25.6 Å². The zero-order valence-electron chi connectivity index (χ0n) is 15.1. The SMILES string of the molecule is CN1[C@H](C(=O)Nc2ccc(F)c(Cl)c2)C[C@H](c2ncc(-c3cn[nH]c3)s2)N[S+]1[O-]. The number of H-pyrrole nitrogens is 1. The number of nitrogens with zero attached hydrogens (tertiary/aromatic N) is 3. The largest absolute Gasteiger partial charge is 0.579 e. The van der Waals surface area contributed by atoms with E-state index in [1.807, 2.05) is 0 Å². The average molecular weight is 455 g/mol. The summed E-state index contributed by atoms with van der Waals surface area (Å²) in [4.78, 5) is 18.2. The lowest BCUT2D eigenvalue weighted by atomic mass is 10.1. The lowest BCUT2D eigenvalue weighted by molar-refractivity contribution is -0.120. The van der Waals surface area contributed by atoms with Gasteiger partial charge in [0.05, 0.1) is 16.1 Å². The third-order valence-electron chi connectivity index (χ3n) is 4.50. The number of hydrogen-bond donors (Lipinski definition) is 3. The number of hydrogen-bond acceptors (Lipinski definition) is 7. The van der Waals surface area contributed by atoms with Gasteiger partial charge in [-0.1, -0.05) is 15.9 Å². The summed E-state index contributed by atoms with van der Waals surface area (Å²) in [5.74, 6) is -0.927.